The Balaban J connectivity index is 0.000000181. The van der Waals surface area contributed by atoms with Gasteiger partial charge < -0.3 is 10.2 Å². The lowest BCUT2D eigenvalue weighted by atomic mass is 9.46. The zero-order valence-electron chi connectivity index (χ0n) is 41.5. The fraction of sp³-hybridized carbons (Fsp3) is 0.862. The molecule has 0 aromatic carbocycles. The van der Waals surface area contributed by atoms with Crippen molar-refractivity contribution < 1.29 is 10.2 Å². The minimum atomic E-state index is -0.0795. The molecule has 60 heavy (non-hydrogen) atoms. The quantitative estimate of drug-likeness (QED) is 0.215. The molecule has 0 bridgehead atoms. The number of fused-ring (bicyclic) bond motifs is 9. The van der Waals surface area contributed by atoms with Crippen molar-refractivity contribution in [1.82, 2.24) is 0 Å². The third kappa shape index (κ3) is 8.01. The second-order valence-corrected chi connectivity index (χ2v) is 25.3. The zero-order valence-corrected chi connectivity index (χ0v) is 41.5. The summed E-state index contributed by atoms with van der Waals surface area (Å²) < 4.78 is 0. The van der Waals surface area contributed by atoms with Gasteiger partial charge in [0.2, 0.25) is 0 Å². The molecule has 2 N–H and O–H groups in total. The van der Waals surface area contributed by atoms with Gasteiger partial charge in [0.05, 0.1) is 12.2 Å². The molecule has 17 unspecified atom stereocenters. The van der Waals surface area contributed by atoms with Crippen molar-refractivity contribution in [2.45, 2.75) is 217 Å². The predicted molar refractivity (Wildman–Crippen MR) is 256 cm³/mol. The van der Waals surface area contributed by atoms with Gasteiger partial charge in [-0.15, -0.1) is 0 Å². The lowest BCUT2D eigenvalue weighted by molar-refractivity contribution is -0.0773. The van der Waals surface area contributed by atoms with E-state index >= 15 is 0 Å². The molecule has 8 aliphatic carbocycles. The van der Waals surface area contributed by atoms with Crippen molar-refractivity contribution in [3.05, 3.63) is 47.1 Å². The average molecular weight is 825 g/mol. The van der Waals surface area contributed by atoms with Crippen LogP contribution in [0.3, 0.4) is 0 Å². The molecule has 0 aromatic heterocycles. The summed E-state index contributed by atoms with van der Waals surface area (Å²) in [5.74, 6) is 9.36. The summed E-state index contributed by atoms with van der Waals surface area (Å²) in [5.41, 5.74) is 10.3. The molecule has 17 atom stereocenters. The molecule has 0 saturated heterocycles. The smallest absolute Gasteiger partial charge is 0.0569 e. The summed E-state index contributed by atoms with van der Waals surface area (Å²) in [6.45, 7) is 38.0. The lowest BCUT2D eigenvalue weighted by Gasteiger charge is -2.59. The molecule has 2 nitrogen and oxygen atoms in total. The topological polar surface area (TPSA) is 40.5 Å². The number of hydrogen-bond donors (Lipinski definition) is 2. The number of aliphatic hydroxyl groups is 2. The second kappa shape index (κ2) is 17.7. The van der Waals surface area contributed by atoms with E-state index in [1.54, 1.807) is 0 Å². The Labute approximate surface area is 371 Å². The Morgan fingerprint density at radius 3 is 1.68 bits per heavy atom. The summed E-state index contributed by atoms with van der Waals surface area (Å²) in [4.78, 5) is 0. The van der Waals surface area contributed by atoms with Crippen molar-refractivity contribution >= 4 is 0 Å². The maximum absolute atomic E-state index is 10.5. The van der Waals surface area contributed by atoms with E-state index in [1.165, 1.54) is 120 Å². The van der Waals surface area contributed by atoms with E-state index in [0.717, 1.165) is 54.3 Å². The first kappa shape index (κ1) is 46.9. The van der Waals surface area contributed by atoms with Gasteiger partial charge in [0.1, 0.15) is 0 Å². The van der Waals surface area contributed by atoms with Crippen molar-refractivity contribution in [1.29, 1.82) is 0 Å². The highest BCUT2D eigenvalue weighted by atomic mass is 16.3. The monoisotopic (exact) mass is 825 g/mol. The van der Waals surface area contributed by atoms with Gasteiger partial charge in [-0.05, 0) is 221 Å². The summed E-state index contributed by atoms with van der Waals surface area (Å²) in [6, 6.07) is 0. The van der Waals surface area contributed by atoms with Crippen LogP contribution in [0.25, 0.3) is 0 Å². The minimum absolute atomic E-state index is 0.0728. The van der Waals surface area contributed by atoms with Gasteiger partial charge >= 0.3 is 0 Å². The van der Waals surface area contributed by atoms with E-state index in [9.17, 15) is 10.2 Å². The van der Waals surface area contributed by atoms with Crippen LogP contribution in [0.1, 0.15) is 205 Å². The van der Waals surface area contributed by atoms with Crippen LogP contribution in [0.4, 0.5) is 0 Å². The first-order valence-electron chi connectivity index (χ1n) is 26.3. The van der Waals surface area contributed by atoms with Gasteiger partial charge in [-0.1, -0.05) is 130 Å². The van der Waals surface area contributed by atoms with Crippen molar-refractivity contribution in [2.75, 3.05) is 0 Å². The van der Waals surface area contributed by atoms with Crippen LogP contribution < -0.4 is 0 Å². The SMILES string of the molecule is C=C(CCC(C)C1CCC2C3=C(CCC21C)C1(C)CCC(O)C(C)C1CC3)C(C)C.C=C(CCC(C)C1CCC2C3=CCC4C(C)C(O)CCC4(C)C3CCC21C)C(C)C. The van der Waals surface area contributed by atoms with Crippen LogP contribution in [-0.2, 0) is 0 Å². The van der Waals surface area contributed by atoms with E-state index in [0.29, 0.717) is 57.2 Å². The summed E-state index contributed by atoms with van der Waals surface area (Å²) in [7, 11) is 0. The third-order valence-electron chi connectivity index (χ3n) is 22.1. The normalized spacial score (nSPS) is 45.5. The summed E-state index contributed by atoms with van der Waals surface area (Å²) in [6.07, 6.45) is 27.1. The Morgan fingerprint density at radius 1 is 0.600 bits per heavy atom. The molecule has 0 aliphatic heterocycles. The van der Waals surface area contributed by atoms with Gasteiger partial charge in [-0.3, -0.25) is 0 Å². The third-order valence-corrected chi connectivity index (χ3v) is 22.1. The fourth-order valence-corrected chi connectivity index (χ4v) is 17.6. The lowest BCUT2D eigenvalue weighted by Crippen LogP contribution is -2.52. The van der Waals surface area contributed by atoms with Gasteiger partial charge in [0.25, 0.3) is 0 Å². The average Bonchev–Trinajstić information content (AvgIpc) is 3.76. The maximum Gasteiger partial charge on any atom is 0.0569 e. The Kier molecular flexibility index (Phi) is 13.8. The minimum Gasteiger partial charge on any atom is -0.393 e. The molecule has 8 aliphatic rings. The van der Waals surface area contributed by atoms with Gasteiger partial charge in [-0.2, -0.15) is 0 Å². The number of hydrogen-bond acceptors (Lipinski definition) is 2. The van der Waals surface area contributed by atoms with Crippen molar-refractivity contribution in [3.63, 3.8) is 0 Å². The number of rotatable bonds is 10. The largest absolute Gasteiger partial charge is 0.393 e. The molecular formula is C58H96O2. The van der Waals surface area contributed by atoms with Crippen LogP contribution in [0.2, 0.25) is 0 Å². The van der Waals surface area contributed by atoms with Crippen molar-refractivity contribution in [3.8, 4) is 0 Å². The highest BCUT2D eigenvalue weighted by Gasteiger charge is 2.60. The molecule has 0 spiro atoms. The first-order valence-corrected chi connectivity index (χ1v) is 26.3. The molecule has 0 radical (unpaired) electrons. The van der Waals surface area contributed by atoms with Crippen LogP contribution in [0.15, 0.2) is 47.1 Å². The zero-order chi connectivity index (χ0) is 43.7. The van der Waals surface area contributed by atoms with Crippen LogP contribution in [0, 0.1) is 98.6 Å². The summed E-state index contributed by atoms with van der Waals surface area (Å²) >= 11 is 0. The molecule has 0 amide bonds. The molecule has 8 rings (SSSR count). The predicted octanol–water partition coefficient (Wildman–Crippen LogP) is 15.7. The Bertz CT molecular complexity index is 1620. The van der Waals surface area contributed by atoms with Crippen LogP contribution in [0.5, 0.6) is 0 Å². The number of aliphatic hydroxyl groups excluding tert-OH is 2. The highest BCUT2D eigenvalue weighted by Crippen LogP contribution is 2.69. The Morgan fingerprint density at radius 2 is 1.10 bits per heavy atom. The standard InChI is InChI=1S/2C29H48O/c2*1-18(2)19(3)8-9-20(4)23-12-13-25-22-10-11-24-21(5)27(30)15-17-29(24,7)26(22)14-16-28(23,25)6/h18,20-21,23-25,27,30H,3,8-17H2,1-2,4-7H3;10,18,20-21,23-27,30H,3,8-9,11-17H2,1-2,4-7H3. The van der Waals surface area contributed by atoms with Gasteiger partial charge in [0, 0.05) is 0 Å². The van der Waals surface area contributed by atoms with E-state index in [-0.39, 0.29) is 12.2 Å². The summed E-state index contributed by atoms with van der Waals surface area (Å²) in [5, 5.41) is 21.0. The van der Waals surface area contributed by atoms with E-state index in [2.05, 4.69) is 102 Å². The molecule has 0 heterocycles. The molecule has 5 fully saturated rings. The molecule has 5 saturated carbocycles. The maximum atomic E-state index is 10.5. The van der Waals surface area contributed by atoms with Gasteiger partial charge in [-0.25, -0.2) is 0 Å². The molecule has 340 valence electrons. The number of allylic oxidation sites excluding steroid dienone is 6. The van der Waals surface area contributed by atoms with Crippen molar-refractivity contribution in [2.24, 2.45) is 98.6 Å². The molecular weight excluding hydrogens is 729 g/mol. The van der Waals surface area contributed by atoms with E-state index in [1.807, 2.05) is 16.7 Å². The Hall–Kier alpha value is -1.12. The second-order valence-electron chi connectivity index (χ2n) is 25.3. The molecule has 2 heteroatoms. The highest BCUT2D eigenvalue weighted by molar-refractivity contribution is 5.35. The van der Waals surface area contributed by atoms with E-state index in [4.69, 9.17) is 0 Å². The fourth-order valence-electron chi connectivity index (χ4n) is 17.6. The van der Waals surface area contributed by atoms with Gasteiger partial charge in [0.15, 0.2) is 0 Å². The molecule has 0 aromatic rings. The van der Waals surface area contributed by atoms with E-state index < -0.39 is 0 Å². The van der Waals surface area contributed by atoms with Crippen LogP contribution >= 0.6 is 0 Å². The van der Waals surface area contributed by atoms with Crippen LogP contribution in [-0.4, -0.2) is 22.4 Å². The first-order chi connectivity index (χ1) is 28.2.